The fraction of sp³-hybridized carbons (Fsp3) is 0.312. The average Bonchev–Trinajstić information content (AvgIpc) is 2.38. The summed E-state index contributed by atoms with van der Waals surface area (Å²) >= 11 is 0. The number of allylic oxidation sites excluding steroid dienone is 2. The summed E-state index contributed by atoms with van der Waals surface area (Å²) in [6.45, 7) is 2.18. The Morgan fingerprint density at radius 1 is 1.28 bits per heavy atom. The normalized spacial score (nSPS) is 19.9. The third-order valence-electron chi connectivity index (χ3n) is 3.57. The molecule has 1 aliphatic rings. The number of hydrogen-bond acceptors (Lipinski definition) is 1. The van der Waals surface area contributed by atoms with Gasteiger partial charge in [0, 0.05) is 5.39 Å². The van der Waals surface area contributed by atoms with E-state index in [2.05, 4.69) is 18.0 Å². The quantitative estimate of drug-likeness (QED) is 0.712. The molecule has 0 bridgehead atoms. The Balaban J connectivity index is 2.14. The molecule has 2 heteroatoms. The number of hydrogen-bond donors (Lipinski definition) is 0. The second-order valence-corrected chi connectivity index (χ2v) is 5.07. The highest BCUT2D eigenvalue weighted by Gasteiger charge is 2.16. The highest BCUT2D eigenvalue weighted by molar-refractivity contribution is 5.81. The van der Waals surface area contributed by atoms with Crippen LogP contribution in [0.15, 0.2) is 36.4 Å². The second kappa shape index (κ2) is 4.52. The summed E-state index contributed by atoms with van der Waals surface area (Å²) < 4.78 is 14.1. The van der Waals surface area contributed by atoms with Crippen LogP contribution in [0.2, 0.25) is 0 Å². The van der Waals surface area contributed by atoms with Crippen LogP contribution in [0.3, 0.4) is 0 Å². The summed E-state index contributed by atoms with van der Waals surface area (Å²) in [6.07, 6.45) is 5.43. The first-order valence-electron chi connectivity index (χ1n) is 6.50. The number of nitrogens with zero attached hydrogens (tertiary/aromatic N) is 1. The monoisotopic (exact) mass is 241 g/mol. The van der Waals surface area contributed by atoms with Gasteiger partial charge in [0.05, 0.1) is 5.52 Å². The maximum Gasteiger partial charge on any atom is 0.149 e. The zero-order chi connectivity index (χ0) is 12.5. The number of aromatic nitrogens is 1. The highest BCUT2D eigenvalue weighted by Crippen LogP contribution is 2.31. The van der Waals surface area contributed by atoms with Crippen molar-refractivity contribution in [3.05, 3.63) is 47.9 Å². The van der Waals surface area contributed by atoms with Gasteiger partial charge in [-0.15, -0.1) is 0 Å². The molecule has 0 fully saturated rings. The molecule has 1 heterocycles. The lowest BCUT2D eigenvalue weighted by Gasteiger charge is -2.18. The van der Waals surface area contributed by atoms with Crippen molar-refractivity contribution < 1.29 is 4.39 Å². The van der Waals surface area contributed by atoms with Gasteiger partial charge in [-0.1, -0.05) is 31.2 Å². The SMILES string of the molecule is CC1C=C(c2nc3ccccc3cc2F)CCC1. The first kappa shape index (κ1) is 11.4. The predicted molar refractivity (Wildman–Crippen MR) is 72.7 cm³/mol. The third kappa shape index (κ3) is 2.03. The lowest BCUT2D eigenvalue weighted by Crippen LogP contribution is -2.03. The molecule has 1 aromatic carbocycles. The van der Waals surface area contributed by atoms with Crippen LogP contribution >= 0.6 is 0 Å². The van der Waals surface area contributed by atoms with Gasteiger partial charge in [-0.25, -0.2) is 9.37 Å². The molecule has 2 aromatic rings. The van der Waals surface area contributed by atoms with Gasteiger partial charge in [0.1, 0.15) is 11.5 Å². The number of para-hydroxylation sites is 1. The number of pyridine rings is 1. The van der Waals surface area contributed by atoms with Gasteiger partial charge in [0.25, 0.3) is 0 Å². The van der Waals surface area contributed by atoms with Crippen molar-refractivity contribution in [1.29, 1.82) is 0 Å². The van der Waals surface area contributed by atoms with E-state index >= 15 is 0 Å². The smallest absolute Gasteiger partial charge is 0.149 e. The molecule has 1 unspecified atom stereocenters. The molecule has 0 amide bonds. The van der Waals surface area contributed by atoms with Crippen LogP contribution in [-0.4, -0.2) is 4.98 Å². The zero-order valence-corrected chi connectivity index (χ0v) is 10.5. The van der Waals surface area contributed by atoms with E-state index in [0.29, 0.717) is 11.6 Å². The molecule has 18 heavy (non-hydrogen) atoms. The Labute approximate surface area is 106 Å². The Kier molecular flexibility index (Phi) is 2.86. The van der Waals surface area contributed by atoms with Gasteiger partial charge in [-0.2, -0.15) is 0 Å². The van der Waals surface area contributed by atoms with Crippen molar-refractivity contribution in [3.8, 4) is 0 Å². The van der Waals surface area contributed by atoms with Crippen molar-refractivity contribution in [1.82, 2.24) is 4.98 Å². The summed E-state index contributed by atoms with van der Waals surface area (Å²) in [5, 5.41) is 0.864. The Bertz CT molecular complexity index is 616. The van der Waals surface area contributed by atoms with Gasteiger partial charge >= 0.3 is 0 Å². The van der Waals surface area contributed by atoms with E-state index < -0.39 is 0 Å². The lowest BCUT2D eigenvalue weighted by atomic mass is 9.90. The molecule has 0 saturated carbocycles. The molecule has 0 aliphatic heterocycles. The Morgan fingerprint density at radius 2 is 2.11 bits per heavy atom. The molecule has 1 aromatic heterocycles. The topological polar surface area (TPSA) is 12.9 Å². The molecule has 92 valence electrons. The molecular formula is C16H16FN. The van der Waals surface area contributed by atoms with Gasteiger partial charge in [0.15, 0.2) is 0 Å². The van der Waals surface area contributed by atoms with Crippen LogP contribution in [0.4, 0.5) is 4.39 Å². The van der Waals surface area contributed by atoms with Crippen LogP contribution in [0, 0.1) is 11.7 Å². The molecule has 0 saturated heterocycles. The van der Waals surface area contributed by atoms with Gasteiger partial charge in [-0.05, 0) is 42.9 Å². The van der Waals surface area contributed by atoms with Crippen molar-refractivity contribution in [2.24, 2.45) is 5.92 Å². The lowest BCUT2D eigenvalue weighted by molar-refractivity contribution is 0.582. The Hall–Kier alpha value is -1.70. The van der Waals surface area contributed by atoms with E-state index in [9.17, 15) is 4.39 Å². The van der Waals surface area contributed by atoms with Crippen molar-refractivity contribution in [3.63, 3.8) is 0 Å². The first-order chi connectivity index (χ1) is 8.74. The second-order valence-electron chi connectivity index (χ2n) is 5.07. The van der Waals surface area contributed by atoms with E-state index in [4.69, 9.17) is 0 Å². The fourth-order valence-corrected chi connectivity index (χ4v) is 2.64. The first-order valence-corrected chi connectivity index (χ1v) is 6.50. The van der Waals surface area contributed by atoms with Crippen LogP contribution in [0.5, 0.6) is 0 Å². The van der Waals surface area contributed by atoms with Gasteiger partial charge in [-0.3, -0.25) is 0 Å². The van der Waals surface area contributed by atoms with Crippen molar-refractivity contribution in [2.45, 2.75) is 26.2 Å². The summed E-state index contributed by atoms with van der Waals surface area (Å²) in [7, 11) is 0. The van der Waals surface area contributed by atoms with E-state index in [1.165, 1.54) is 6.42 Å². The summed E-state index contributed by atoms with van der Waals surface area (Å²) in [5.41, 5.74) is 2.48. The zero-order valence-electron chi connectivity index (χ0n) is 10.5. The molecule has 1 aliphatic carbocycles. The molecule has 3 rings (SSSR count). The summed E-state index contributed by atoms with van der Waals surface area (Å²) in [5.74, 6) is 0.329. The van der Waals surface area contributed by atoms with Crippen LogP contribution < -0.4 is 0 Å². The van der Waals surface area contributed by atoms with E-state index in [-0.39, 0.29) is 5.82 Å². The number of benzene rings is 1. The minimum absolute atomic E-state index is 0.200. The van der Waals surface area contributed by atoms with Crippen molar-refractivity contribution in [2.75, 3.05) is 0 Å². The maximum absolute atomic E-state index is 14.1. The predicted octanol–water partition coefficient (Wildman–Crippen LogP) is 4.58. The molecule has 0 spiro atoms. The summed E-state index contributed by atoms with van der Waals surface area (Å²) in [4.78, 5) is 4.49. The van der Waals surface area contributed by atoms with Crippen LogP contribution in [0.1, 0.15) is 31.9 Å². The maximum atomic E-state index is 14.1. The number of fused-ring (bicyclic) bond motifs is 1. The molecule has 0 radical (unpaired) electrons. The fourth-order valence-electron chi connectivity index (χ4n) is 2.64. The summed E-state index contributed by atoms with van der Waals surface area (Å²) in [6, 6.07) is 9.27. The van der Waals surface area contributed by atoms with Gasteiger partial charge in [0.2, 0.25) is 0 Å². The highest BCUT2D eigenvalue weighted by atomic mass is 19.1. The molecule has 1 nitrogen and oxygen atoms in total. The van der Waals surface area contributed by atoms with E-state index in [1.54, 1.807) is 6.07 Å². The van der Waals surface area contributed by atoms with E-state index in [1.807, 2.05) is 24.3 Å². The molecular weight excluding hydrogens is 225 g/mol. The Morgan fingerprint density at radius 3 is 2.94 bits per heavy atom. The van der Waals surface area contributed by atoms with Crippen molar-refractivity contribution >= 4 is 16.5 Å². The largest absolute Gasteiger partial charge is 0.245 e. The van der Waals surface area contributed by atoms with Gasteiger partial charge < -0.3 is 0 Å². The van der Waals surface area contributed by atoms with E-state index in [0.717, 1.165) is 29.3 Å². The molecule has 0 N–H and O–H groups in total. The minimum Gasteiger partial charge on any atom is -0.245 e. The van der Waals surface area contributed by atoms with Crippen LogP contribution in [0.25, 0.3) is 16.5 Å². The number of rotatable bonds is 1. The minimum atomic E-state index is -0.200. The molecule has 1 atom stereocenters. The third-order valence-corrected chi connectivity index (χ3v) is 3.57. The standard InChI is InChI=1S/C16H16FN/c1-11-5-4-7-13(9-11)16-14(17)10-12-6-2-3-8-15(12)18-16/h2-3,6,8-11H,4-5,7H2,1H3. The van der Waals surface area contributed by atoms with Crippen LogP contribution in [-0.2, 0) is 0 Å². The average molecular weight is 241 g/mol. The number of halogens is 1.